The number of ether oxygens (including phenoxy) is 2. The van der Waals surface area contributed by atoms with E-state index in [1.165, 1.54) is 0 Å². The number of benzene rings is 1. The zero-order valence-electron chi connectivity index (χ0n) is 24.9. The van der Waals surface area contributed by atoms with Crippen molar-refractivity contribution in [3.05, 3.63) is 35.9 Å². The summed E-state index contributed by atoms with van der Waals surface area (Å²) in [6.45, 7) is 5.67. The lowest BCUT2D eigenvalue weighted by Gasteiger charge is -2.34. The van der Waals surface area contributed by atoms with Gasteiger partial charge in [0.05, 0.1) is 6.54 Å². The maximum atomic E-state index is 13.8. The second kappa shape index (κ2) is 17.4. The molecule has 1 aliphatic rings. The summed E-state index contributed by atoms with van der Waals surface area (Å²) >= 11 is 0. The quantitative estimate of drug-likeness (QED) is 0.0856. The van der Waals surface area contributed by atoms with Crippen LogP contribution in [0.25, 0.3) is 0 Å². The van der Waals surface area contributed by atoms with Crippen LogP contribution >= 0.6 is 7.60 Å². The van der Waals surface area contributed by atoms with Crippen molar-refractivity contribution in [1.29, 1.82) is 0 Å². The average molecular weight is 614 g/mol. The van der Waals surface area contributed by atoms with E-state index in [-0.39, 0.29) is 45.4 Å². The lowest BCUT2D eigenvalue weighted by atomic mass is 10.1. The molecule has 1 saturated heterocycles. The van der Waals surface area contributed by atoms with Crippen LogP contribution in [0.15, 0.2) is 30.3 Å². The maximum absolute atomic E-state index is 13.8. The van der Waals surface area contributed by atoms with Gasteiger partial charge in [0.2, 0.25) is 5.85 Å². The number of imide groups is 1. The molecule has 0 bridgehead atoms. The van der Waals surface area contributed by atoms with Crippen LogP contribution in [0, 0.1) is 0 Å². The summed E-state index contributed by atoms with van der Waals surface area (Å²) in [5, 5.41) is 12.7. The second-order valence-electron chi connectivity index (χ2n) is 10.7. The van der Waals surface area contributed by atoms with Gasteiger partial charge in [-0.15, -0.1) is 0 Å². The minimum atomic E-state index is -4.71. The molecule has 3 unspecified atom stereocenters. The fourth-order valence-electron chi connectivity index (χ4n) is 5.01. The van der Waals surface area contributed by atoms with E-state index in [1.807, 2.05) is 37.3 Å². The highest BCUT2D eigenvalue weighted by Gasteiger charge is 2.56. The Morgan fingerprint density at radius 2 is 1.79 bits per heavy atom. The molecule has 3 amide bonds. The number of unbranched alkanes of at least 4 members (excludes halogenated alkanes) is 2. The number of quaternary nitrogens is 1. The molecular formula is C29H46N2O10P+. The van der Waals surface area contributed by atoms with Gasteiger partial charge in [0.1, 0.15) is 12.6 Å². The monoisotopic (exact) mass is 613 g/mol. The standard InChI is InChI=1S/C29H45N2O10P/c1-4-6-18-26(40-25(32)13-5-2)42(37,38)41-24(27(33)31(29(35)36)20-12-14-22(31)3)17-10-11-19-30-28(34)39-21-23-15-8-7-9-16-23/h7-9,15-16,22,24,26H,4-6,10-14,17-21H2,1-3H3,(H2-,30,34,35,36,37,38)/p+1/t22-,24?,26+,31?/m1/s1. The van der Waals surface area contributed by atoms with E-state index >= 15 is 0 Å². The van der Waals surface area contributed by atoms with Crippen molar-refractivity contribution in [2.45, 2.75) is 110 Å². The fourth-order valence-corrected chi connectivity index (χ4v) is 6.47. The molecule has 236 valence electrons. The minimum absolute atomic E-state index is 0.0461. The molecule has 0 saturated carbocycles. The first kappa shape index (κ1) is 35.4. The highest BCUT2D eigenvalue weighted by molar-refractivity contribution is 7.53. The van der Waals surface area contributed by atoms with E-state index in [4.69, 9.17) is 14.0 Å². The molecule has 0 spiro atoms. The summed E-state index contributed by atoms with van der Waals surface area (Å²) in [4.78, 5) is 61.4. The molecule has 0 aliphatic carbocycles. The van der Waals surface area contributed by atoms with Crippen LogP contribution in [0.5, 0.6) is 0 Å². The average Bonchev–Trinajstić information content (AvgIpc) is 3.35. The number of likely N-dealkylation sites (tertiary alicyclic amines) is 1. The second-order valence-corrected chi connectivity index (χ2v) is 12.6. The van der Waals surface area contributed by atoms with Gasteiger partial charge in [-0.25, -0.2) is 9.59 Å². The van der Waals surface area contributed by atoms with Crippen molar-refractivity contribution in [3.8, 4) is 0 Å². The van der Waals surface area contributed by atoms with Gasteiger partial charge >= 0.3 is 31.7 Å². The van der Waals surface area contributed by atoms with E-state index in [9.17, 15) is 33.7 Å². The van der Waals surface area contributed by atoms with Gasteiger partial charge in [-0.1, -0.05) is 50.6 Å². The molecular weight excluding hydrogens is 567 g/mol. The smallest absolute Gasteiger partial charge is 0.449 e. The summed E-state index contributed by atoms with van der Waals surface area (Å²) in [7, 11) is -4.71. The van der Waals surface area contributed by atoms with Crippen LogP contribution in [0.3, 0.4) is 0 Å². The summed E-state index contributed by atoms with van der Waals surface area (Å²) < 4.78 is 28.7. The van der Waals surface area contributed by atoms with Gasteiger partial charge in [0.15, 0.2) is 6.10 Å². The van der Waals surface area contributed by atoms with Crippen LogP contribution in [-0.2, 0) is 34.8 Å². The molecule has 42 heavy (non-hydrogen) atoms. The normalized spacial score (nSPS) is 21.1. The van der Waals surface area contributed by atoms with Crippen molar-refractivity contribution in [1.82, 2.24) is 5.32 Å². The van der Waals surface area contributed by atoms with Crippen LogP contribution < -0.4 is 5.32 Å². The number of carbonyl (C=O) groups excluding carboxylic acids is 3. The largest absolute Gasteiger partial charge is 0.521 e. The molecule has 1 aromatic rings. The fraction of sp³-hybridized carbons (Fsp3) is 0.655. The predicted octanol–water partition coefficient (Wildman–Crippen LogP) is 5.72. The van der Waals surface area contributed by atoms with Gasteiger partial charge in [-0.2, -0.15) is 9.28 Å². The first-order valence-electron chi connectivity index (χ1n) is 14.8. The molecule has 2 rings (SSSR count). The summed E-state index contributed by atoms with van der Waals surface area (Å²) in [5.41, 5.74) is 0.837. The predicted molar refractivity (Wildman–Crippen MR) is 154 cm³/mol. The number of rotatable bonds is 17. The molecule has 0 radical (unpaired) electrons. The Bertz CT molecular complexity index is 1090. The Kier molecular flexibility index (Phi) is 14.6. The van der Waals surface area contributed by atoms with Crippen molar-refractivity contribution in [2.75, 3.05) is 13.1 Å². The highest BCUT2D eigenvalue weighted by Crippen LogP contribution is 2.52. The Hall–Kier alpha value is -2.79. The van der Waals surface area contributed by atoms with E-state index in [0.29, 0.717) is 38.5 Å². The van der Waals surface area contributed by atoms with Crippen molar-refractivity contribution >= 4 is 31.7 Å². The lowest BCUT2D eigenvalue weighted by molar-refractivity contribution is -0.794. The molecule has 3 N–H and O–H groups in total. The molecule has 1 aliphatic heterocycles. The SMILES string of the molecule is CCCC[C@@H](OC(=O)CCC)P(=O)(O)OC(CCCCNC(=O)OCc1ccccc1)C(=O)[N+]1(C(=O)O)CCC[C@H]1C. The Balaban J connectivity index is 2.11. The molecule has 5 atom stereocenters. The van der Waals surface area contributed by atoms with E-state index in [0.717, 1.165) is 5.56 Å². The van der Waals surface area contributed by atoms with Crippen LogP contribution in [0.2, 0.25) is 0 Å². The number of hydrogen-bond acceptors (Lipinski definition) is 8. The number of hydrogen-bond donors (Lipinski definition) is 3. The lowest BCUT2D eigenvalue weighted by Crippen LogP contribution is -2.62. The van der Waals surface area contributed by atoms with Crippen molar-refractivity contribution < 1.29 is 52.2 Å². The zero-order valence-corrected chi connectivity index (χ0v) is 25.8. The number of amides is 3. The zero-order chi connectivity index (χ0) is 31.2. The Labute approximate surface area is 247 Å². The Morgan fingerprint density at radius 3 is 2.38 bits per heavy atom. The third-order valence-corrected chi connectivity index (χ3v) is 9.09. The molecule has 1 fully saturated rings. The number of nitrogens with one attached hydrogen (secondary N) is 1. The number of alkyl carbamates (subject to hydrolysis) is 1. The first-order valence-corrected chi connectivity index (χ1v) is 16.4. The summed E-state index contributed by atoms with van der Waals surface area (Å²) in [6.07, 6.45) is -0.136. The molecule has 1 aromatic carbocycles. The molecule has 12 nitrogen and oxygen atoms in total. The van der Waals surface area contributed by atoms with Gasteiger partial charge in [0, 0.05) is 25.8 Å². The first-order chi connectivity index (χ1) is 20.0. The summed E-state index contributed by atoms with van der Waals surface area (Å²) in [6, 6.07) is 8.64. The van der Waals surface area contributed by atoms with E-state index in [2.05, 4.69) is 5.32 Å². The molecule has 13 heteroatoms. The molecule has 0 aromatic heterocycles. The number of esters is 1. The summed E-state index contributed by atoms with van der Waals surface area (Å²) in [5.74, 6) is -2.93. The van der Waals surface area contributed by atoms with Gasteiger partial charge in [-0.05, 0) is 51.0 Å². The van der Waals surface area contributed by atoms with E-state index in [1.54, 1.807) is 13.8 Å². The van der Waals surface area contributed by atoms with E-state index < -0.39 is 54.1 Å². The van der Waals surface area contributed by atoms with Gasteiger partial charge in [-0.3, -0.25) is 13.9 Å². The number of nitrogens with zero attached hydrogens (tertiary/aromatic N) is 1. The van der Waals surface area contributed by atoms with Crippen molar-refractivity contribution in [3.63, 3.8) is 0 Å². The van der Waals surface area contributed by atoms with Crippen LogP contribution in [0.4, 0.5) is 9.59 Å². The maximum Gasteiger partial charge on any atom is 0.521 e. The molecule has 1 heterocycles. The van der Waals surface area contributed by atoms with Crippen LogP contribution in [-0.4, -0.2) is 69.6 Å². The highest BCUT2D eigenvalue weighted by atomic mass is 31.2. The topological polar surface area (TPSA) is 166 Å². The number of carbonyl (C=O) groups is 4. The third-order valence-electron chi connectivity index (χ3n) is 7.44. The van der Waals surface area contributed by atoms with Gasteiger partial charge in [0.25, 0.3) is 0 Å². The third kappa shape index (κ3) is 10.2. The van der Waals surface area contributed by atoms with Gasteiger partial charge < -0.3 is 24.8 Å². The van der Waals surface area contributed by atoms with Crippen molar-refractivity contribution in [2.24, 2.45) is 0 Å². The minimum Gasteiger partial charge on any atom is -0.449 e. The van der Waals surface area contributed by atoms with Crippen LogP contribution in [0.1, 0.15) is 90.5 Å². The Morgan fingerprint density at radius 1 is 1.07 bits per heavy atom. The number of carboxylic acid groups (broad SMARTS) is 1.